The molecule has 1 unspecified atom stereocenters. The molecule has 8 heteroatoms. The van der Waals surface area contributed by atoms with Crippen molar-refractivity contribution in [1.29, 1.82) is 0 Å². The highest BCUT2D eigenvalue weighted by atomic mass is 16.5. The summed E-state index contributed by atoms with van der Waals surface area (Å²) in [7, 11) is 0. The highest BCUT2D eigenvalue weighted by molar-refractivity contribution is 5.76. The minimum absolute atomic E-state index is 0.123. The zero-order chi connectivity index (χ0) is 20.1. The Kier molecular flexibility index (Phi) is 5.81. The van der Waals surface area contributed by atoms with Gasteiger partial charge in [0.05, 0.1) is 26.1 Å². The highest BCUT2D eigenvalue weighted by Gasteiger charge is 2.28. The number of hydrogen-bond donors (Lipinski definition) is 1. The third-order valence-corrected chi connectivity index (χ3v) is 4.90. The molecule has 0 bridgehead atoms. The fourth-order valence-corrected chi connectivity index (χ4v) is 3.41. The number of fused-ring (bicyclic) bond motifs is 1. The smallest absolute Gasteiger partial charge is 0.346 e. The van der Waals surface area contributed by atoms with Gasteiger partial charge in [0.1, 0.15) is 6.10 Å². The van der Waals surface area contributed by atoms with Crippen LogP contribution in [0, 0.1) is 0 Å². The number of ether oxygens (including phenoxy) is 1. The number of nitrogens with zero attached hydrogens (tertiary/aromatic N) is 4. The molecule has 1 aromatic carbocycles. The summed E-state index contributed by atoms with van der Waals surface area (Å²) in [5.41, 5.74) is 1.94. The molecule has 0 spiro atoms. The minimum atomic E-state index is -0.519. The molecule has 150 valence electrons. The lowest BCUT2D eigenvalue weighted by Gasteiger charge is -2.22. The van der Waals surface area contributed by atoms with Crippen LogP contribution in [0.5, 0.6) is 0 Å². The van der Waals surface area contributed by atoms with Crippen molar-refractivity contribution in [3.05, 3.63) is 82.3 Å². The molecular weight excluding hydrogens is 370 g/mol. The van der Waals surface area contributed by atoms with Crippen molar-refractivity contribution in [1.82, 2.24) is 24.6 Å². The summed E-state index contributed by atoms with van der Waals surface area (Å²) in [5.74, 6) is 0.393. The van der Waals surface area contributed by atoms with Gasteiger partial charge in [-0.15, -0.1) is 0 Å². The van der Waals surface area contributed by atoms with Crippen LogP contribution in [0.1, 0.15) is 29.5 Å². The van der Waals surface area contributed by atoms with Gasteiger partial charge < -0.3 is 10.1 Å². The zero-order valence-corrected chi connectivity index (χ0v) is 16.0. The van der Waals surface area contributed by atoms with E-state index >= 15 is 0 Å². The third-order valence-electron chi connectivity index (χ3n) is 4.90. The number of amides is 1. The third kappa shape index (κ3) is 4.60. The Bertz CT molecular complexity index is 1010. The average Bonchev–Trinajstić information content (AvgIpc) is 3.06. The monoisotopic (exact) mass is 393 g/mol. The molecule has 0 fully saturated rings. The SMILES string of the molecule is O=C(CC1OCCn2c1nn(Cc1ccccc1)c2=O)NCCc1ccncc1. The Morgan fingerprint density at radius 1 is 1.14 bits per heavy atom. The van der Waals surface area contributed by atoms with E-state index in [1.54, 1.807) is 17.0 Å². The minimum Gasteiger partial charge on any atom is -0.368 e. The number of hydrogen-bond acceptors (Lipinski definition) is 5. The van der Waals surface area contributed by atoms with Crippen LogP contribution in [-0.4, -0.2) is 38.4 Å². The van der Waals surface area contributed by atoms with E-state index in [4.69, 9.17) is 4.74 Å². The summed E-state index contributed by atoms with van der Waals surface area (Å²) in [6.45, 7) is 1.76. The largest absolute Gasteiger partial charge is 0.368 e. The van der Waals surface area contributed by atoms with Gasteiger partial charge in [0.15, 0.2) is 5.82 Å². The molecule has 2 aromatic heterocycles. The van der Waals surface area contributed by atoms with Crippen molar-refractivity contribution in [2.24, 2.45) is 0 Å². The highest BCUT2D eigenvalue weighted by Crippen LogP contribution is 2.22. The number of carbonyl (C=O) groups is 1. The molecule has 8 nitrogen and oxygen atoms in total. The van der Waals surface area contributed by atoms with E-state index in [1.807, 2.05) is 42.5 Å². The van der Waals surface area contributed by atoms with Crippen LogP contribution >= 0.6 is 0 Å². The van der Waals surface area contributed by atoms with Crippen LogP contribution in [-0.2, 0) is 29.0 Å². The first-order valence-electron chi connectivity index (χ1n) is 9.69. The Labute approximate surface area is 168 Å². The maximum Gasteiger partial charge on any atom is 0.346 e. The molecule has 0 radical (unpaired) electrons. The Hall–Kier alpha value is -3.26. The normalized spacial score (nSPS) is 15.7. The second-order valence-corrected chi connectivity index (χ2v) is 6.95. The first-order chi connectivity index (χ1) is 14.2. The van der Waals surface area contributed by atoms with Crippen LogP contribution in [0.4, 0.5) is 0 Å². The van der Waals surface area contributed by atoms with Crippen molar-refractivity contribution in [3.63, 3.8) is 0 Å². The first-order valence-corrected chi connectivity index (χ1v) is 9.69. The molecule has 0 saturated carbocycles. The van der Waals surface area contributed by atoms with Crippen molar-refractivity contribution in [2.45, 2.75) is 32.0 Å². The molecule has 0 aliphatic carbocycles. The molecule has 29 heavy (non-hydrogen) atoms. The molecule has 0 saturated heterocycles. The van der Waals surface area contributed by atoms with Crippen molar-refractivity contribution in [3.8, 4) is 0 Å². The molecule has 1 aliphatic rings. The average molecular weight is 393 g/mol. The topological polar surface area (TPSA) is 91.0 Å². The van der Waals surface area contributed by atoms with E-state index in [2.05, 4.69) is 15.4 Å². The van der Waals surface area contributed by atoms with E-state index in [1.165, 1.54) is 4.68 Å². The van der Waals surface area contributed by atoms with Gasteiger partial charge in [-0.2, -0.15) is 5.10 Å². The van der Waals surface area contributed by atoms with Gasteiger partial charge in [0.25, 0.3) is 0 Å². The van der Waals surface area contributed by atoms with Gasteiger partial charge in [0, 0.05) is 18.9 Å². The number of nitrogens with one attached hydrogen (secondary N) is 1. The van der Waals surface area contributed by atoms with Crippen LogP contribution < -0.4 is 11.0 Å². The van der Waals surface area contributed by atoms with E-state index in [0.717, 1.165) is 17.5 Å². The first kappa shape index (κ1) is 19.1. The number of carbonyl (C=O) groups excluding carboxylic acids is 1. The van der Waals surface area contributed by atoms with Gasteiger partial charge in [-0.3, -0.25) is 14.3 Å². The fraction of sp³-hybridized carbons (Fsp3) is 0.333. The summed E-state index contributed by atoms with van der Waals surface area (Å²) in [4.78, 5) is 29.0. The van der Waals surface area contributed by atoms with E-state index in [-0.39, 0.29) is 18.0 Å². The lowest BCUT2D eigenvalue weighted by Crippen LogP contribution is -2.33. The van der Waals surface area contributed by atoms with Crippen LogP contribution in [0.2, 0.25) is 0 Å². The molecule has 3 heterocycles. The summed E-state index contributed by atoms with van der Waals surface area (Å²) < 4.78 is 8.80. The lowest BCUT2D eigenvalue weighted by molar-refractivity contribution is -0.125. The second-order valence-electron chi connectivity index (χ2n) is 6.95. The number of aromatic nitrogens is 4. The quantitative estimate of drug-likeness (QED) is 0.654. The van der Waals surface area contributed by atoms with Gasteiger partial charge in [-0.25, -0.2) is 9.48 Å². The van der Waals surface area contributed by atoms with Gasteiger partial charge >= 0.3 is 5.69 Å². The van der Waals surface area contributed by atoms with E-state index in [0.29, 0.717) is 32.1 Å². The second kappa shape index (κ2) is 8.83. The Balaban J connectivity index is 1.39. The number of benzene rings is 1. The van der Waals surface area contributed by atoms with Gasteiger partial charge in [-0.05, 0) is 29.7 Å². The molecule has 1 aliphatic heterocycles. The van der Waals surface area contributed by atoms with Gasteiger partial charge in [-0.1, -0.05) is 30.3 Å². The summed E-state index contributed by atoms with van der Waals surface area (Å²) in [6.07, 6.45) is 3.82. The standard InChI is InChI=1S/C21H23N5O3/c27-19(23-11-8-16-6-9-22-10-7-16)14-18-20-24-26(15-17-4-2-1-3-5-17)21(28)25(20)12-13-29-18/h1-7,9-10,18H,8,11-15H2,(H,23,27). The summed E-state index contributed by atoms with van der Waals surface area (Å²) in [5, 5.41) is 7.37. The van der Waals surface area contributed by atoms with Crippen molar-refractivity contribution >= 4 is 5.91 Å². The fourth-order valence-electron chi connectivity index (χ4n) is 3.41. The Morgan fingerprint density at radius 3 is 2.72 bits per heavy atom. The molecule has 4 rings (SSSR count). The van der Waals surface area contributed by atoms with E-state index in [9.17, 15) is 9.59 Å². The van der Waals surface area contributed by atoms with Crippen molar-refractivity contribution in [2.75, 3.05) is 13.2 Å². The molecule has 1 N–H and O–H groups in total. The predicted octanol–water partition coefficient (Wildman–Crippen LogP) is 1.31. The maximum atomic E-state index is 12.7. The van der Waals surface area contributed by atoms with Crippen LogP contribution in [0.3, 0.4) is 0 Å². The van der Waals surface area contributed by atoms with Gasteiger partial charge in [0.2, 0.25) is 5.91 Å². The molecular formula is C21H23N5O3. The van der Waals surface area contributed by atoms with E-state index < -0.39 is 6.10 Å². The van der Waals surface area contributed by atoms with Crippen LogP contribution in [0.25, 0.3) is 0 Å². The van der Waals surface area contributed by atoms with Crippen molar-refractivity contribution < 1.29 is 9.53 Å². The lowest BCUT2D eigenvalue weighted by atomic mass is 10.2. The summed E-state index contributed by atoms with van der Waals surface area (Å²) >= 11 is 0. The molecule has 3 aromatic rings. The zero-order valence-electron chi connectivity index (χ0n) is 16.0. The molecule has 1 atom stereocenters. The number of pyridine rings is 1. The molecule has 1 amide bonds. The number of rotatable bonds is 7. The Morgan fingerprint density at radius 2 is 1.93 bits per heavy atom. The summed E-state index contributed by atoms with van der Waals surface area (Å²) in [6, 6.07) is 13.5. The maximum absolute atomic E-state index is 12.7. The predicted molar refractivity (Wildman–Crippen MR) is 106 cm³/mol. The van der Waals surface area contributed by atoms with Crippen LogP contribution in [0.15, 0.2) is 59.7 Å².